The predicted octanol–water partition coefficient (Wildman–Crippen LogP) is 6.01. The molecule has 0 N–H and O–H groups in total. The van der Waals surface area contributed by atoms with E-state index in [9.17, 15) is 8.42 Å². The van der Waals surface area contributed by atoms with E-state index in [1.165, 1.54) is 0 Å². The summed E-state index contributed by atoms with van der Waals surface area (Å²) in [7, 11) is -3.62. The Morgan fingerprint density at radius 1 is 1.07 bits per heavy atom. The summed E-state index contributed by atoms with van der Waals surface area (Å²) in [6, 6.07) is 17.1. The molecule has 156 valence electrons. The average Bonchev–Trinajstić information content (AvgIpc) is 2.72. The normalized spacial score (nSPS) is 20.1. The summed E-state index contributed by atoms with van der Waals surface area (Å²) in [5, 5.41) is 0.700. The minimum absolute atomic E-state index is 0.00691. The Kier molecular flexibility index (Phi) is 7.72. The quantitative estimate of drug-likeness (QED) is 0.438. The summed E-state index contributed by atoms with van der Waals surface area (Å²) < 4.78 is 33.7. The van der Waals surface area contributed by atoms with Crippen molar-refractivity contribution in [1.29, 1.82) is 0 Å². The van der Waals surface area contributed by atoms with Crippen LogP contribution in [0.3, 0.4) is 0 Å². The summed E-state index contributed by atoms with van der Waals surface area (Å²) in [4.78, 5) is 0.835. The molecule has 0 unspecified atom stereocenters. The van der Waals surface area contributed by atoms with Gasteiger partial charge in [0.15, 0.2) is 0 Å². The molecule has 0 saturated carbocycles. The van der Waals surface area contributed by atoms with Gasteiger partial charge in [0.2, 0.25) is 9.84 Å². The van der Waals surface area contributed by atoms with Gasteiger partial charge in [-0.05, 0) is 43.9 Å². The second-order valence-corrected chi connectivity index (χ2v) is 10.2. The van der Waals surface area contributed by atoms with Crippen LogP contribution in [0.1, 0.15) is 43.7 Å². The number of hydrogen-bond donors (Lipinski definition) is 0. The maximum atomic E-state index is 13.7. The molecule has 29 heavy (non-hydrogen) atoms. The molecule has 3 nitrogen and oxygen atoms in total. The number of hydrogen-bond acceptors (Lipinski definition) is 3. The lowest BCUT2D eigenvalue weighted by molar-refractivity contribution is 0.0142. The van der Waals surface area contributed by atoms with Crippen molar-refractivity contribution in [2.75, 3.05) is 5.33 Å². The van der Waals surface area contributed by atoms with Crippen molar-refractivity contribution in [3.63, 3.8) is 0 Å². The van der Waals surface area contributed by atoms with Crippen LogP contribution in [0.15, 0.2) is 70.0 Å². The first-order valence-corrected chi connectivity index (χ1v) is 12.8. The molecular formula is C24H29BrO3S. The number of alkyl halides is 1. The molecule has 2 aromatic rings. The van der Waals surface area contributed by atoms with E-state index < -0.39 is 15.9 Å². The molecule has 0 radical (unpaired) electrons. The Morgan fingerprint density at radius 2 is 1.76 bits per heavy atom. The first-order chi connectivity index (χ1) is 14.0. The second-order valence-electron chi connectivity index (χ2n) is 7.68. The molecule has 3 rings (SSSR count). The molecule has 0 amide bonds. The van der Waals surface area contributed by atoms with Crippen LogP contribution in [-0.4, -0.2) is 26.0 Å². The van der Waals surface area contributed by atoms with Crippen molar-refractivity contribution in [1.82, 2.24) is 0 Å². The maximum absolute atomic E-state index is 13.7. The van der Waals surface area contributed by atoms with Crippen LogP contribution in [0.5, 0.6) is 0 Å². The fraction of sp³-hybridized carbons (Fsp3) is 0.417. The molecule has 2 aromatic carbocycles. The van der Waals surface area contributed by atoms with Crippen molar-refractivity contribution < 1.29 is 13.2 Å². The molecule has 0 aliphatic carbocycles. The number of rotatable bonds is 8. The van der Waals surface area contributed by atoms with E-state index in [1.807, 2.05) is 49.4 Å². The van der Waals surface area contributed by atoms with E-state index in [-0.39, 0.29) is 6.10 Å². The lowest BCUT2D eigenvalue weighted by atomic mass is 9.95. The van der Waals surface area contributed by atoms with E-state index in [4.69, 9.17) is 4.74 Å². The Labute approximate surface area is 183 Å². The van der Waals surface area contributed by atoms with Gasteiger partial charge in [-0.25, -0.2) is 8.42 Å². The lowest BCUT2D eigenvalue weighted by Gasteiger charge is -2.34. The van der Waals surface area contributed by atoms with Gasteiger partial charge in [0.05, 0.1) is 22.0 Å². The Morgan fingerprint density at radius 3 is 2.38 bits per heavy atom. The molecule has 0 bridgehead atoms. The first kappa shape index (κ1) is 22.3. The molecule has 1 heterocycles. The topological polar surface area (TPSA) is 43.4 Å². The molecule has 0 spiro atoms. The Hall–Kier alpha value is -1.43. The SMILES string of the molecule is CCCCC1=C(S(=O)(=O)c2ccc(C)cc2)[C@@H](Cc2ccccc2)O[C@H](CBr)C1. The summed E-state index contributed by atoms with van der Waals surface area (Å²) in [6.07, 6.45) is 3.56. The van der Waals surface area contributed by atoms with Gasteiger partial charge in [-0.3, -0.25) is 0 Å². The minimum atomic E-state index is -3.62. The molecule has 0 aromatic heterocycles. The Bertz CT molecular complexity index is 934. The third kappa shape index (κ3) is 5.39. The highest BCUT2D eigenvalue weighted by molar-refractivity contribution is 9.09. The van der Waals surface area contributed by atoms with Gasteiger partial charge in [-0.15, -0.1) is 0 Å². The zero-order valence-electron chi connectivity index (χ0n) is 17.1. The molecule has 0 saturated heterocycles. The third-order valence-electron chi connectivity index (χ3n) is 5.36. The van der Waals surface area contributed by atoms with Crippen LogP contribution in [0, 0.1) is 6.92 Å². The molecule has 5 heteroatoms. The summed E-state index contributed by atoms with van der Waals surface area (Å²) in [5.74, 6) is 0. The van der Waals surface area contributed by atoms with Crippen LogP contribution in [0.25, 0.3) is 0 Å². The van der Waals surface area contributed by atoms with Crippen LogP contribution in [0.4, 0.5) is 0 Å². The summed E-state index contributed by atoms with van der Waals surface area (Å²) >= 11 is 3.55. The van der Waals surface area contributed by atoms with E-state index in [0.29, 0.717) is 28.0 Å². The van der Waals surface area contributed by atoms with E-state index >= 15 is 0 Å². The fourth-order valence-electron chi connectivity index (χ4n) is 3.83. The number of benzene rings is 2. The maximum Gasteiger partial charge on any atom is 0.205 e. The van der Waals surface area contributed by atoms with Gasteiger partial charge in [-0.2, -0.15) is 0 Å². The molecule has 1 aliphatic rings. The Balaban J connectivity index is 2.09. The monoisotopic (exact) mass is 476 g/mol. The number of aryl methyl sites for hydroxylation is 1. The number of ether oxygens (including phenoxy) is 1. The summed E-state index contributed by atoms with van der Waals surface area (Å²) in [6.45, 7) is 4.10. The zero-order chi connectivity index (χ0) is 20.9. The zero-order valence-corrected chi connectivity index (χ0v) is 19.5. The highest BCUT2D eigenvalue weighted by Gasteiger charge is 2.37. The first-order valence-electron chi connectivity index (χ1n) is 10.2. The number of unbranched alkanes of at least 4 members (excludes halogenated alkanes) is 1. The fourth-order valence-corrected chi connectivity index (χ4v) is 6.01. The minimum Gasteiger partial charge on any atom is -0.368 e. The van der Waals surface area contributed by atoms with Gasteiger partial charge in [0.25, 0.3) is 0 Å². The van der Waals surface area contributed by atoms with Crippen molar-refractivity contribution >= 4 is 25.8 Å². The van der Waals surface area contributed by atoms with Crippen LogP contribution in [-0.2, 0) is 21.0 Å². The van der Waals surface area contributed by atoms with Gasteiger partial charge in [0, 0.05) is 11.8 Å². The largest absolute Gasteiger partial charge is 0.368 e. The smallest absolute Gasteiger partial charge is 0.205 e. The van der Waals surface area contributed by atoms with Crippen molar-refractivity contribution in [2.45, 2.75) is 63.1 Å². The van der Waals surface area contributed by atoms with Crippen molar-refractivity contribution in [3.8, 4) is 0 Å². The van der Waals surface area contributed by atoms with E-state index in [2.05, 4.69) is 22.9 Å². The highest BCUT2D eigenvalue weighted by atomic mass is 79.9. The van der Waals surface area contributed by atoms with Gasteiger partial charge in [-0.1, -0.05) is 82.9 Å². The van der Waals surface area contributed by atoms with E-state index in [0.717, 1.165) is 36.0 Å². The highest BCUT2D eigenvalue weighted by Crippen LogP contribution is 2.37. The number of sulfone groups is 1. The van der Waals surface area contributed by atoms with Gasteiger partial charge < -0.3 is 4.74 Å². The molecule has 0 fully saturated rings. The van der Waals surface area contributed by atoms with Gasteiger partial charge >= 0.3 is 0 Å². The average molecular weight is 477 g/mol. The summed E-state index contributed by atoms with van der Waals surface area (Å²) in [5.41, 5.74) is 3.16. The van der Waals surface area contributed by atoms with Crippen LogP contribution < -0.4 is 0 Å². The molecule has 2 atom stereocenters. The molecular weight excluding hydrogens is 448 g/mol. The van der Waals surface area contributed by atoms with Crippen molar-refractivity contribution in [3.05, 3.63) is 76.2 Å². The van der Waals surface area contributed by atoms with E-state index in [1.54, 1.807) is 12.1 Å². The lowest BCUT2D eigenvalue weighted by Crippen LogP contribution is -2.36. The van der Waals surface area contributed by atoms with Gasteiger partial charge in [0.1, 0.15) is 0 Å². The second kappa shape index (κ2) is 10.1. The van der Waals surface area contributed by atoms with Crippen molar-refractivity contribution in [2.24, 2.45) is 0 Å². The standard InChI is InChI=1S/C24H29BrO3S/c1-3-4-10-20-16-21(17-25)28-23(15-19-8-6-5-7-9-19)24(20)29(26,27)22-13-11-18(2)12-14-22/h5-9,11-14,21,23H,3-4,10,15-17H2,1-2H3/t21-,23+/m0/s1. The third-order valence-corrected chi connectivity index (χ3v) is 8.11. The molecule has 1 aliphatic heterocycles. The predicted molar refractivity (Wildman–Crippen MR) is 122 cm³/mol. The van der Waals surface area contributed by atoms with Crippen LogP contribution in [0.2, 0.25) is 0 Å². The van der Waals surface area contributed by atoms with Crippen LogP contribution >= 0.6 is 15.9 Å². The number of halogens is 1.